The third-order valence-electron chi connectivity index (χ3n) is 8.52. The summed E-state index contributed by atoms with van der Waals surface area (Å²) in [5, 5.41) is 28.3. The predicted octanol–water partition coefficient (Wildman–Crippen LogP) is 3.18. The number of aliphatic hydroxyl groups is 3. The number of thioether (sulfide) groups is 1. The number of rotatable bonds is 13. The monoisotopic (exact) mass is 500 g/mol. The lowest BCUT2D eigenvalue weighted by Crippen LogP contribution is -2.42. The van der Waals surface area contributed by atoms with Crippen molar-refractivity contribution < 1.29 is 34.4 Å². The summed E-state index contributed by atoms with van der Waals surface area (Å²) in [4.78, 5) is 26.2. The van der Waals surface area contributed by atoms with E-state index in [0.717, 1.165) is 18.3 Å². The fourth-order valence-corrected chi connectivity index (χ4v) is 7.50. The van der Waals surface area contributed by atoms with Crippen LogP contribution >= 0.6 is 11.8 Å². The Morgan fingerprint density at radius 1 is 1.00 bits per heavy atom. The summed E-state index contributed by atoms with van der Waals surface area (Å²) in [6.45, 7) is 6.91. The normalized spacial score (nSPS) is 31.6. The summed E-state index contributed by atoms with van der Waals surface area (Å²) < 4.78 is 11.5. The minimum absolute atomic E-state index is 0.0230. The van der Waals surface area contributed by atoms with Gasteiger partial charge in [0.2, 0.25) is 0 Å². The molecule has 3 aliphatic carbocycles. The van der Waals surface area contributed by atoms with Crippen molar-refractivity contribution in [3.05, 3.63) is 0 Å². The highest BCUT2D eigenvalue weighted by atomic mass is 32.2. The van der Waals surface area contributed by atoms with Crippen LogP contribution in [0.15, 0.2) is 0 Å². The molecule has 3 aliphatic rings. The molecular formula is C26H44O7S. The van der Waals surface area contributed by atoms with E-state index in [4.69, 9.17) is 14.6 Å². The average Bonchev–Trinajstić information content (AvgIpc) is 3.50. The Hall–Kier alpha value is -0.830. The summed E-state index contributed by atoms with van der Waals surface area (Å²) in [5.41, 5.74) is -1.69. The van der Waals surface area contributed by atoms with Crippen LogP contribution in [0.1, 0.15) is 72.6 Å². The van der Waals surface area contributed by atoms with Crippen LogP contribution in [0.4, 0.5) is 0 Å². The first kappa shape index (κ1) is 27.8. The Labute approximate surface area is 208 Å². The van der Waals surface area contributed by atoms with Gasteiger partial charge in [-0.3, -0.25) is 9.59 Å². The van der Waals surface area contributed by atoms with E-state index < -0.39 is 29.0 Å². The molecule has 2 bridgehead atoms. The van der Waals surface area contributed by atoms with E-state index in [1.54, 1.807) is 13.8 Å². The summed E-state index contributed by atoms with van der Waals surface area (Å²) >= 11 is 1.28. The zero-order valence-corrected chi connectivity index (χ0v) is 22.0. The average molecular weight is 501 g/mol. The second kappa shape index (κ2) is 11.5. The minimum Gasteiger partial charge on any atom is -0.462 e. The molecular weight excluding hydrogens is 456 g/mol. The predicted molar refractivity (Wildman–Crippen MR) is 131 cm³/mol. The molecule has 8 unspecified atom stereocenters. The molecule has 0 amide bonds. The van der Waals surface area contributed by atoms with Crippen molar-refractivity contribution in [2.45, 2.75) is 91.0 Å². The van der Waals surface area contributed by atoms with Gasteiger partial charge in [-0.1, -0.05) is 13.3 Å². The van der Waals surface area contributed by atoms with Crippen LogP contribution in [0, 0.1) is 34.5 Å². The molecule has 8 heteroatoms. The minimum atomic E-state index is -0.908. The van der Waals surface area contributed by atoms with E-state index in [0.29, 0.717) is 30.4 Å². The van der Waals surface area contributed by atoms with Gasteiger partial charge < -0.3 is 24.8 Å². The van der Waals surface area contributed by atoms with Gasteiger partial charge >= 0.3 is 11.9 Å². The Kier molecular flexibility index (Phi) is 9.37. The number of fused-ring (bicyclic) bond motifs is 5. The lowest BCUT2D eigenvalue weighted by atomic mass is 9.72. The Balaban J connectivity index is 1.48. The quantitative estimate of drug-likeness (QED) is 0.331. The van der Waals surface area contributed by atoms with E-state index in [1.807, 2.05) is 13.8 Å². The molecule has 0 saturated heterocycles. The zero-order valence-electron chi connectivity index (χ0n) is 21.2. The van der Waals surface area contributed by atoms with Gasteiger partial charge in [0.1, 0.15) is 12.7 Å². The highest BCUT2D eigenvalue weighted by Gasteiger charge is 2.56. The SMILES string of the molecule is CCC(C)(CC(C)(C)C(=O)OCC(O)CSCC(O)CO)C(=O)OC1CC2CC1C1CCCC21. The molecule has 3 N–H and O–H groups in total. The molecule has 0 aromatic carbocycles. The molecule has 0 spiro atoms. The number of esters is 2. The second-order valence-electron chi connectivity index (χ2n) is 11.7. The number of carbonyl (C=O) groups excluding carboxylic acids is 2. The molecule has 0 aromatic heterocycles. The van der Waals surface area contributed by atoms with Gasteiger partial charge in [0, 0.05) is 11.5 Å². The molecule has 0 aliphatic heterocycles. The summed E-state index contributed by atoms with van der Waals surface area (Å²) in [7, 11) is 0. The lowest BCUT2D eigenvalue weighted by Gasteiger charge is -2.37. The topological polar surface area (TPSA) is 113 Å². The van der Waals surface area contributed by atoms with Crippen molar-refractivity contribution in [3.8, 4) is 0 Å². The number of hydrogen-bond acceptors (Lipinski definition) is 8. The maximum Gasteiger partial charge on any atom is 0.312 e. The van der Waals surface area contributed by atoms with Crippen LogP contribution in [-0.2, 0) is 19.1 Å². The highest BCUT2D eigenvalue weighted by molar-refractivity contribution is 7.99. The lowest BCUT2D eigenvalue weighted by molar-refractivity contribution is -0.170. The smallest absolute Gasteiger partial charge is 0.312 e. The summed E-state index contributed by atoms with van der Waals surface area (Å²) in [6.07, 6.45) is 5.33. The molecule has 0 heterocycles. The Morgan fingerprint density at radius 2 is 1.68 bits per heavy atom. The highest BCUT2D eigenvalue weighted by Crippen LogP contribution is 2.59. The van der Waals surface area contributed by atoms with Gasteiger partial charge in [-0.2, -0.15) is 11.8 Å². The molecule has 7 nitrogen and oxygen atoms in total. The van der Waals surface area contributed by atoms with Gasteiger partial charge in [0.05, 0.1) is 29.6 Å². The zero-order chi connectivity index (χ0) is 25.1. The largest absolute Gasteiger partial charge is 0.462 e. The van der Waals surface area contributed by atoms with Crippen LogP contribution < -0.4 is 0 Å². The van der Waals surface area contributed by atoms with E-state index in [1.165, 1.54) is 37.4 Å². The van der Waals surface area contributed by atoms with Crippen LogP contribution in [0.25, 0.3) is 0 Å². The maximum atomic E-state index is 13.3. The van der Waals surface area contributed by atoms with Gasteiger partial charge in [0.15, 0.2) is 0 Å². The number of hydrogen-bond donors (Lipinski definition) is 3. The Bertz CT molecular complexity index is 713. The first-order chi connectivity index (χ1) is 16.0. The number of ether oxygens (including phenoxy) is 2. The summed E-state index contributed by atoms with van der Waals surface area (Å²) in [6, 6.07) is 0. The van der Waals surface area contributed by atoms with Crippen molar-refractivity contribution in [1.29, 1.82) is 0 Å². The molecule has 34 heavy (non-hydrogen) atoms. The van der Waals surface area contributed by atoms with E-state index in [2.05, 4.69) is 0 Å². The molecule has 3 rings (SSSR count). The third-order valence-corrected chi connectivity index (χ3v) is 9.76. The molecule has 3 saturated carbocycles. The third kappa shape index (κ3) is 6.29. The van der Waals surface area contributed by atoms with Gasteiger partial charge in [-0.25, -0.2) is 0 Å². The Morgan fingerprint density at radius 3 is 2.35 bits per heavy atom. The molecule has 8 atom stereocenters. The fourth-order valence-electron chi connectivity index (χ4n) is 6.62. The van der Waals surface area contributed by atoms with Crippen LogP contribution in [0.2, 0.25) is 0 Å². The van der Waals surface area contributed by atoms with Gasteiger partial charge in [0.25, 0.3) is 0 Å². The molecule has 3 fully saturated rings. The maximum absolute atomic E-state index is 13.3. The van der Waals surface area contributed by atoms with Crippen molar-refractivity contribution in [2.75, 3.05) is 24.7 Å². The van der Waals surface area contributed by atoms with E-state index >= 15 is 0 Å². The van der Waals surface area contributed by atoms with Crippen LogP contribution in [0.5, 0.6) is 0 Å². The first-order valence-electron chi connectivity index (χ1n) is 12.9. The van der Waals surface area contributed by atoms with Crippen LogP contribution in [-0.4, -0.2) is 70.3 Å². The van der Waals surface area contributed by atoms with E-state index in [9.17, 15) is 19.8 Å². The standard InChI is InChI=1S/C26H44O7S/c1-5-26(4,24(31)33-22-10-16-9-21(22)20-8-6-7-19(16)20)15-25(2,3)23(30)32-12-18(29)14-34-13-17(28)11-27/h16-22,27-29H,5-15H2,1-4H3. The van der Waals surface area contributed by atoms with Gasteiger partial charge in [-0.15, -0.1) is 0 Å². The molecule has 0 radical (unpaired) electrons. The van der Waals surface area contributed by atoms with Crippen molar-refractivity contribution in [1.82, 2.24) is 0 Å². The summed E-state index contributed by atoms with van der Waals surface area (Å²) in [5.74, 6) is 2.73. The first-order valence-corrected chi connectivity index (χ1v) is 14.1. The molecule has 196 valence electrons. The van der Waals surface area contributed by atoms with E-state index in [-0.39, 0.29) is 31.0 Å². The van der Waals surface area contributed by atoms with Crippen LogP contribution in [0.3, 0.4) is 0 Å². The van der Waals surface area contributed by atoms with Crippen molar-refractivity contribution in [3.63, 3.8) is 0 Å². The molecule has 0 aromatic rings. The van der Waals surface area contributed by atoms with Gasteiger partial charge in [-0.05, 0) is 83.0 Å². The number of aliphatic hydroxyl groups excluding tert-OH is 3. The fraction of sp³-hybridized carbons (Fsp3) is 0.923. The van der Waals surface area contributed by atoms with Crippen molar-refractivity contribution in [2.24, 2.45) is 34.5 Å². The second-order valence-corrected chi connectivity index (χ2v) is 12.8. The van der Waals surface area contributed by atoms with Crippen molar-refractivity contribution >= 4 is 23.7 Å². The number of carbonyl (C=O) groups is 2.